The van der Waals surface area contributed by atoms with Gasteiger partial charge in [0.05, 0.1) is 36.4 Å². The van der Waals surface area contributed by atoms with Gasteiger partial charge in [-0.25, -0.2) is 4.57 Å². The summed E-state index contributed by atoms with van der Waals surface area (Å²) >= 11 is 0. The van der Waals surface area contributed by atoms with E-state index in [-0.39, 0.29) is 22.9 Å². The van der Waals surface area contributed by atoms with Gasteiger partial charge < -0.3 is 31.6 Å². The summed E-state index contributed by atoms with van der Waals surface area (Å²) in [6, 6.07) is 20.5. The summed E-state index contributed by atoms with van der Waals surface area (Å²) in [6.45, 7) is 4.37. The van der Waals surface area contributed by atoms with Crippen LogP contribution >= 0.6 is 0 Å². The number of rotatable bonds is 15. The van der Waals surface area contributed by atoms with E-state index in [9.17, 15) is 9.59 Å². The average molecular weight is 730 g/mol. The smallest absolute Gasteiger partial charge is 0.501 e. The van der Waals surface area contributed by atoms with Crippen LogP contribution in [0, 0.1) is 0 Å². The summed E-state index contributed by atoms with van der Waals surface area (Å²) in [5, 5.41) is 0. The molecule has 270 valence electrons. The van der Waals surface area contributed by atoms with Crippen molar-refractivity contribution in [2.75, 3.05) is 49.8 Å². The molecule has 0 radical (unpaired) electrons. The summed E-state index contributed by atoms with van der Waals surface area (Å²) in [5.41, 5.74) is 6.88. The van der Waals surface area contributed by atoms with E-state index < -0.39 is 29.3 Å². The Morgan fingerprint density at radius 2 is 1.24 bits per heavy atom. The molecule has 1 heterocycles. The van der Waals surface area contributed by atoms with Gasteiger partial charge in [-0.2, -0.15) is 0 Å². The lowest BCUT2D eigenvalue weighted by Crippen LogP contribution is -2.61. The first-order chi connectivity index (χ1) is 24.6. The number of methoxy groups -OCH3 is 2. The van der Waals surface area contributed by atoms with Crippen molar-refractivity contribution in [1.29, 1.82) is 0 Å². The fourth-order valence-electron chi connectivity index (χ4n) is 8.26. The van der Waals surface area contributed by atoms with Gasteiger partial charge in [-0.15, -0.1) is 0 Å². The van der Waals surface area contributed by atoms with Gasteiger partial charge in [-0.05, 0) is 82.3 Å². The van der Waals surface area contributed by atoms with Crippen LogP contribution < -0.4 is 0 Å². The monoisotopic (exact) mass is 729 g/mol. The predicted molar refractivity (Wildman–Crippen MR) is 198 cm³/mol. The quantitative estimate of drug-likeness (QED) is 0.121. The van der Waals surface area contributed by atoms with Crippen LogP contribution in [0.1, 0.15) is 104 Å². The summed E-state index contributed by atoms with van der Waals surface area (Å²) in [6.07, 6.45) is 5.89. The molecule has 0 spiro atoms. The van der Waals surface area contributed by atoms with E-state index in [1.165, 1.54) is 26.9 Å². The highest BCUT2D eigenvalue weighted by molar-refractivity contribution is 6.72. The van der Waals surface area contributed by atoms with Gasteiger partial charge in [0.2, 0.25) is 0 Å². The Kier molecular flexibility index (Phi) is 10.6. The molecule has 3 aliphatic rings. The highest BCUT2D eigenvalue weighted by Crippen LogP contribution is 2.53. The van der Waals surface area contributed by atoms with E-state index >= 15 is 0 Å². The maximum Gasteiger partial charge on any atom is 0.642 e. The first-order valence-electron chi connectivity index (χ1n) is 17.1. The largest absolute Gasteiger partial charge is 0.642 e. The van der Waals surface area contributed by atoms with Crippen molar-refractivity contribution in [2.45, 2.75) is 49.6 Å². The Balaban J connectivity index is 1.28. The van der Waals surface area contributed by atoms with Crippen LogP contribution in [-0.4, -0.2) is 83.7 Å². The number of hydrogen-bond donors (Lipinski definition) is 0. The van der Waals surface area contributed by atoms with E-state index in [0.29, 0.717) is 11.1 Å². The van der Waals surface area contributed by atoms with E-state index in [0.717, 1.165) is 56.7 Å². The van der Waals surface area contributed by atoms with E-state index in [4.69, 9.17) is 31.6 Å². The molecule has 3 aromatic rings. The summed E-state index contributed by atoms with van der Waals surface area (Å²) < 4.78 is 42.5. The van der Waals surface area contributed by atoms with E-state index in [1.807, 2.05) is 24.3 Å². The SMILES string of the molecule is CCC(CC(C)c1ccc2c(c1)C=C(OC)C2[Si](OC)(OC)C1C(OC)=Cc2ccccc21)c1ccc2c(c1)C(=O)N([Si](OC)(OC)OC)C2=O. The van der Waals surface area contributed by atoms with Crippen LogP contribution in [-0.2, 0) is 31.6 Å². The van der Waals surface area contributed by atoms with Crippen LogP contribution in [0.4, 0.5) is 0 Å². The van der Waals surface area contributed by atoms with Crippen molar-refractivity contribution in [3.63, 3.8) is 0 Å². The predicted octanol–water partition coefficient (Wildman–Crippen LogP) is 7.03. The third kappa shape index (κ3) is 5.83. The highest BCUT2D eigenvalue weighted by atomic mass is 28.4. The Bertz CT molecular complexity index is 1880. The fraction of sp³-hybridized carbons (Fsp3) is 0.385. The second kappa shape index (κ2) is 14.6. The minimum absolute atomic E-state index is 0.145. The second-order valence-electron chi connectivity index (χ2n) is 13.1. The van der Waals surface area contributed by atoms with Crippen molar-refractivity contribution < 1.29 is 41.2 Å². The lowest BCUT2D eigenvalue weighted by Gasteiger charge is -2.39. The van der Waals surface area contributed by atoms with Gasteiger partial charge in [0.15, 0.2) is 0 Å². The Morgan fingerprint density at radius 3 is 1.82 bits per heavy atom. The number of amides is 2. The number of carbonyl (C=O) groups excluding carboxylic acids is 2. The van der Waals surface area contributed by atoms with Crippen LogP contribution in [0.3, 0.4) is 0 Å². The Morgan fingerprint density at radius 1 is 0.667 bits per heavy atom. The summed E-state index contributed by atoms with van der Waals surface area (Å²) in [7, 11) is 4.14. The number of ether oxygens (including phenoxy) is 2. The molecule has 1 aliphatic heterocycles. The molecule has 0 saturated carbocycles. The lowest BCUT2D eigenvalue weighted by molar-refractivity contribution is 0.0422. The van der Waals surface area contributed by atoms with Gasteiger partial charge >= 0.3 is 17.5 Å². The molecule has 0 aromatic heterocycles. The molecule has 2 amide bonds. The molecule has 6 rings (SSSR count). The maximum atomic E-state index is 13.6. The standard InChI is InChI=1S/C39H47NO9Si2/c1-10-25(27-16-18-32-33(21-27)39(42)40(38(32)41)51(47-7,48-8)49-9)19-24(2)26-15-17-31-29(20-26)23-35(44-4)37(31)50(45-5,46-6)36-30-14-12-11-13-28(30)22-34(36)43-3/h11-18,20-25,36-37H,10,19H2,1-9H3. The van der Waals surface area contributed by atoms with Crippen LogP contribution in [0.5, 0.6) is 0 Å². The average Bonchev–Trinajstić information content (AvgIpc) is 3.82. The Hall–Kier alpha value is -3.89. The zero-order valence-corrected chi connectivity index (χ0v) is 32.8. The van der Waals surface area contributed by atoms with Crippen LogP contribution in [0.15, 0.2) is 72.2 Å². The first kappa shape index (κ1) is 36.9. The Labute approximate surface area is 302 Å². The van der Waals surface area contributed by atoms with Crippen molar-refractivity contribution in [3.05, 3.63) is 117 Å². The summed E-state index contributed by atoms with van der Waals surface area (Å²) in [4.78, 5) is 26.9. The molecule has 0 N–H and O–H groups in total. The van der Waals surface area contributed by atoms with Gasteiger partial charge in [0.25, 0.3) is 11.8 Å². The number of hydrogen-bond acceptors (Lipinski definition) is 9. The number of benzene rings is 3. The van der Waals surface area contributed by atoms with Crippen molar-refractivity contribution in [3.8, 4) is 0 Å². The third-order valence-corrected chi connectivity index (χ3v) is 17.5. The zero-order valence-electron chi connectivity index (χ0n) is 30.8. The molecule has 3 aromatic carbocycles. The molecule has 2 aliphatic carbocycles. The summed E-state index contributed by atoms with van der Waals surface area (Å²) in [5.74, 6) is 1.03. The van der Waals surface area contributed by atoms with Crippen molar-refractivity contribution in [1.82, 2.24) is 4.57 Å². The van der Waals surface area contributed by atoms with Gasteiger partial charge in [0, 0.05) is 35.5 Å². The number of fused-ring (bicyclic) bond motifs is 3. The molecule has 4 atom stereocenters. The van der Waals surface area contributed by atoms with E-state index in [1.54, 1.807) is 34.5 Å². The highest BCUT2D eigenvalue weighted by Gasteiger charge is 2.60. The van der Waals surface area contributed by atoms with Crippen LogP contribution in [0.25, 0.3) is 12.2 Å². The molecule has 4 unspecified atom stereocenters. The molecule has 0 bridgehead atoms. The zero-order chi connectivity index (χ0) is 36.7. The molecule has 12 heteroatoms. The third-order valence-electron chi connectivity index (χ3n) is 10.9. The first-order valence-corrected chi connectivity index (χ1v) is 20.8. The molecule has 10 nitrogen and oxygen atoms in total. The van der Waals surface area contributed by atoms with Crippen molar-refractivity contribution in [2.24, 2.45) is 0 Å². The molecular formula is C39H47NO9Si2. The maximum absolute atomic E-state index is 13.6. The number of nitrogens with zero attached hydrogens (tertiary/aromatic N) is 1. The van der Waals surface area contributed by atoms with Crippen LogP contribution in [0.2, 0.25) is 0 Å². The molecular weight excluding hydrogens is 683 g/mol. The van der Waals surface area contributed by atoms with E-state index in [2.05, 4.69) is 56.3 Å². The van der Waals surface area contributed by atoms with Gasteiger partial charge in [-0.1, -0.05) is 62.4 Å². The minimum Gasteiger partial charge on any atom is -0.501 e. The molecule has 51 heavy (non-hydrogen) atoms. The number of imide groups is 1. The van der Waals surface area contributed by atoms with Gasteiger partial charge in [0.1, 0.15) is 11.5 Å². The molecule has 0 fully saturated rings. The lowest BCUT2D eigenvalue weighted by atomic mass is 9.83. The molecule has 0 saturated heterocycles. The number of allylic oxidation sites excluding steroid dienone is 2. The fourth-order valence-corrected chi connectivity index (χ4v) is 14.1. The second-order valence-corrected chi connectivity index (χ2v) is 19.3. The number of carbonyl (C=O) groups is 2. The topological polar surface area (TPSA) is 102 Å². The van der Waals surface area contributed by atoms with Crippen molar-refractivity contribution >= 4 is 41.5 Å². The normalized spacial score (nSPS) is 19.4. The minimum atomic E-state index is -3.70. The van der Waals surface area contributed by atoms with Gasteiger partial charge in [-0.3, -0.25) is 9.59 Å².